The molecule has 3 rings (SSSR count). The number of benzene rings is 1. The van der Waals surface area contributed by atoms with E-state index in [1.807, 2.05) is 12.1 Å². The van der Waals surface area contributed by atoms with E-state index in [0.717, 1.165) is 24.0 Å². The summed E-state index contributed by atoms with van der Waals surface area (Å²) >= 11 is 0. The molecule has 0 bridgehead atoms. The van der Waals surface area contributed by atoms with E-state index in [9.17, 15) is 13.6 Å². The first-order valence-corrected chi connectivity index (χ1v) is 7.13. The van der Waals surface area contributed by atoms with Gasteiger partial charge in [-0.05, 0) is 35.4 Å². The Morgan fingerprint density at radius 2 is 2.09 bits per heavy atom. The lowest BCUT2D eigenvalue weighted by Crippen LogP contribution is -2.16. The smallest absolute Gasteiger partial charge is 0.265 e. The first-order valence-electron chi connectivity index (χ1n) is 7.13. The van der Waals surface area contributed by atoms with Crippen molar-refractivity contribution in [2.24, 2.45) is 7.05 Å². The second-order valence-electron chi connectivity index (χ2n) is 6.25. The fraction of sp³-hybridized carbons (Fsp3) is 0.375. The number of carbonyl (C=O) groups is 1. The van der Waals surface area contributed by atoms with Gasteiger partial charge in [0.25, 0.3) is 5.91 Å². The predicted octanol–water partition coefficient (Wildman–Crippen LogP) is 3.17. The molecular formula is C16H17F2N3O. The zero-order valence-corrected chi connectivity index (χ0v) is 12.7. The standard InChI is InChI=1S/C16H17F2N3O/c1-16(2)8-7-9-10(16)5-4-6-11(9)19-15(22)12-13(17)20-21(3)14(12)18/h4-6H,7-8H2,1-3H3,(H,19,22). The van der Waals surface area contributed by atoms with E-state index in [-0.39, 0.29) is 5.41 Å². The van der Waals surface area contributed by atoms with Crippen LogP contribution in [0.1, 0.15) is 41.8 Å². The van der Waals surface area contributed by atoms with Crippen LogP contribution in [0.3, 0.4) is 0 Å². The maximum Gasteiger partial charge on any atom is 0.265 e. The van der Waals surface area contributed by atoms with Crippen LogP contribution in [-0.4, -0.2) is 15.7 Å². The number of hydrogen-bond acceptors (Lipinski definition) is 2. The SMILES string of the molecule is Cn1nc(F)c(C(=O)Nc2cccc3c2CCC3(C)C)c1F. The zero-order valence-electron chi connectivity index (χ0n) is 12.7. The molecule has 0 radical (unpaired) electrons. The molecule has 22 heavy (non-hydrogen) atoms. The van der Waals surface area contributed by atoms with Gasteiger partial charge in [0.05, 0.1) is 0 Å². The monoisotopic (exact) mass is 305 g/mol. The van der Waals surface area contributed by atoms with Gasteiger partial charge in [-0.25, -0.2) is 4.68 Å². The Morgan fingerprint density at radius 3 is 2.73 bits per heavy atom. The molecule has 1 aliphatic carbocycles. The average molecular weight is 305 g/mol. The van der Waals surface area contributed by atoms with Gasteiger partial charge in [0.15, 0.2) is 5.56 Å². The number of anilines is 1. The molecule has 0 atom stereocenters. The molecule has 1 aliphatic rings. The summed E-state index contributed by atoms with van der Waals surface area (Å²) in [5, 5.41) is 5.90. The van der Waals surface area contributed by atoms with E-state index in [1.54, 1.807) is 6.07 Å². The molecule has 4 nitrogen and oxygen atoms in total. The van der Waals surface area contributed by atoms with E-state index in [1.165, 1.54) is 7.05 Å². The normalized spacial score (nSPS) is 15.7. The maximum atomic E-state index is 13.8. The highest BCUT2D eigenvalue weighted by Gasteiger charge is 2.32. The number of aromatic nitrogens is 2. The molecule has 1 amide bonds. The van der Waals surface area contributed by atoms with Crippen molar-refractivity contribution in [3.63, 3.8) is 0 Å². The molecule has 1 N–H and O–H groups in total. The van der Waals surface area contributed by atoms with Crippen LogP contribution >= 0.6 is 0 Å². The topological polar surface area (TPSA) is 46.9 Å². The largest absolute Gasteiger partial charge is 0.321 e. The van der Waals surface area contributed by atoms with Crippen molar-refractivity contribution >= 4 is 11.6 Å². The number of fused-ring (bicyclic) bond motifs is 1. The van der Waals surface area contributed by atoms with Crippen LogP contribution in [0.15, 0.2) is 18.2 Å². The second-order valence-corrected chi connectivity index (χ2v) is 6.25. The summed E-state index contributed by atoms with van der Waals surface area (Å²) in [4.78, 5) is 12.2. The van der Waals surface area contributed by atoms with Gasteiger partial charge >= 0.3 is 0 Å². The molecule has 2 aromatic rings. The lowest BCUT2D eigenvalue weighted by Gasteiger charge is -2.19. The Morgan fingerprint density at radius 1 is 1.36 bits per heavy atom. The lowest BCUT2D eigenvalue weighted by molar-refractivity contribution is 0.101. The molecule has 6 heteroatoms. The van der Waals surface area contributed by atoms with Gasteiger partial charge in [-0.2, -0.15) is 8.78 Å². The lowest BCUT2D eigenvalue weighted by atomic mass is 9.86. The fourth-order valence-electron chi connectivity index (χ4n) is 3.02. The average Bonchev–Trinajstić information content (AvgIpc) is 2.88. The number of aryl methyl sites for hydroxylation is 1. The quantitative estimate of drug-likeness (QED) is 0.926. The minimum atomic E-state index is -1.11. The third kappa shape index (κ3) is 2.19. The van der Waals surface area contributed by atoms with Crippen LogP contribution in [0.5, 0.6) is 0 Å². The third-order valence-corrected chi connectivity index (χ3v) is 4.31. The molecule has 0 saturated carbocycles. The van der Waals surface area contributed by atoms with Gasteiger partial charge < -0.3 is 5.32 Å². The van der Waals surface area contributed by atoms with E-state index < -0.39 is 23.4 Å². The number of amides is 1. The first-order chi connectivity index (χ1) is 10.3. The van der Waals surface area contributed by atoms with Crippen molar-refractivity contribution < 1.29 is 13.6 Å². The molecular weight excluding hydrogens is 288 g/mol. The van der Waals surface area contributed by atoms with Crippen LogP contribution < -0.4 is 5.32 Å². The van der Waals surface area contributed by atoms with E-state index >= 15 is 0 Å². The van der Waals surface area contributed by atoms with Gasteiger partial charge in [-0.15, -0.1) is 5.10 Å². The molecule has 1 aromatic carbocycles. The zero-order chi connectivity index (χ0) is 16.1. The van der Waals surface area contributed by atoms with E-state index in [4.69, 9.17) is 0 Å². The van der Waals surface area contributed by atoms with Crippen molar-refractivity contribution in [2.45, 2.75) is 32.1 Å². The minimum Gasteiger partial charge on any atom is -0.321 e. The Hall–Kier alpha value is -2.24. The van der Waals surface area contributed by atoms with Crippen LogP contribution in [0.25, 0.3) is 0 Å². The fourth-order valence-corrected chi connectivity index (χ4v) is 3.02. The number of carbonyl (C=O) groups excluding carboxylic acids is 1. The molecule has 0 saturated heterocycles. The summed E-state index contributed by atoms with van der Waals surface area (Å²) in [5.41, 5.74) is 2.19. The van der Waals surface area contributed by atoms with Crippen molar-refractivity contribution in [1.82, 2.24) is 9.78 Å². The van der Waals surface area contributed by atoms with E-state index in [2.05, 4.69) is 24.3 Å². The molecule has 0 fully saturated rings. The molecule has 116 valence electrons. The van der Waals surface area contributed by atoms with Gasteiger partial charge in [0.1, 0.15) is 0 Å². The summed E-state index contributed by atoms with van der Waals surface area (Å²) < 4.78 is 28.1. The number of rotatable bonds is 2. The third-order valence-electron chi connectivity index (χ3n) is 4.31. The van der Waals surface area contributed by atoms with Gasteiger partial charge in [0, 0.05) is 12.7 Å². The summed E-state index contributed by atoms with van der Waals surface area (Å²) in [5.74, 6) is -2.91. The Kier molecular flexibility index (Phi) is 3.27. The Bertz CT molecular complexity index is 765. The summed E-state index contributed by atoms with van der Waals surface area (Å²) in [6.07, 6.45) is 1.81. The predicted molar refractivity (Wildman–Crippen MR) is 78.9 cm³/mol. The number of nitrogens with zero attached hydrogens (tertiary/aromatic N) is 2. The molecule has 0 aliphatic heterocycles. The highest BCUT2D eigenvalue weighted by Crippen LogP contribution is 2.41. The Labute approximate surface area is 127 Å². The summed E-state index contributed by atoms with van der Waals surface area (Å²) in [7, 11) is 1.25. The second kappa shape index (κ2) is 4.90. The van der Waals surface area contributed by atoms with Gasteiger partial charge in [-0.3, -0.25) is 4.79 Å². The van der Waals surface area contributed by atoms with Gasteiger partial charge in [-0.1, -0.05) is 26.0 Å². The van der Waals surface area contributed by atoms with Crippen LogP contribution in [0.4, 0.5) is 14.5 Å². The number of nitrogens with one attached hydrogen (secondary N) is 1. The molecule has 1 heterocycles. The molecule has 0 spiro atoms. The Balaban J connectivity index is 1.95. The minimum absolute atomic E-state index is 0.0425. The van der Waals surface area contributed by atoms with Gasteiger partial charge in [0.2, 0.25) is 11.9 Å². The highest BCUT2D eigenvalue weighted by molar-refractivity contribution is 6.04. The van der Waals surface area contributed by atoms with E-state index in [0.29, 0.717) is 10.4 Å². The van der Waals surface area contributed by atoms with Crippen LogP contribution in [0, 0.1) is 11.9 Å². The van der Waals surface area contributed by atoms with Crippen molar-refractivity contribution in [2.75, 3.05) is 5.32 Å². The van der Waals surface area contributed by atoms with Crippen LogP contribution in [-0.2, 0) is 18.9 Å². The highest BCUT2D eigenvalue weighted by atomic mass is 19.1. The number of hydrogen-bond donors (Lipinski definition) is 1. The molecule has 1 aromatic heterocycles. The van der Waals surface area contributed by atoms with Crippen molar-refractivity contribution in [1.29, 1.82) is 0 Å². The summed E-state index contributed by atoms with van der Waals surface area (Å²) in [6, 6.07) is 5.63. The number of halogens is 2. The summed E-state index contributed by atoms with van der Waals surface area (Å²) in [6.45, 7) is 4.29. The van der Waals surface area contributed by atoms with Crippen LogP contribution in [0.2, 0.25) is 0 Å². The first kappa shape index (κ1) is 14.7. The van der Waals surface area contributed by atoms with Crippen molar-refractivity contribution in [3.05, 3.63) is 46.8 Å². The molecule has 0 unspecified atom stereocenters. The van der Waals surface area contributed by atoms with Crippen molar-refractivity contribution in [3.8, 4) is 0 Å². The maximum absolute atomic E-state index is 13.8.